The maximum absolute atomic E-state index is 12.9. The van der Waals surface area contributed by atoms with Gasteiger partial charge in [0.25, 0.3) is 0 Å². The quantitative estimate of drug-likeness (QED) is 0.536. The summed E-state index contributed by atoms with van der Waals surface area (Å²) in [5.74, 6) is -0.919. The number of halogens is 1. The van der Waals surface area contributed by atoms with Crippen molar-refractivity contribution >= 4 is 12.1 Å². The molecule has 1 N–H and O–H groups in total. The average molecular weight is 179 g/mol. The van der Waals surface area contributed by atoms with E-state index in [-0.39, 0.29) is 5.82 Å². The SMILES string of the molecule is [CH2]C(=O)NN=Cc1ccccc1F. The van der Waals surface area contributed by atoms with Gasteiger partial charge in [0.15, 0.2) is 0 Å². The molecule has 0 aliphatic heterocycles. The molecule has 1 aromatic rings. The largest absolute Gasteiger partial charge is 0.273 e. The molecule has 0 unspecified atom stereocenters. The summed E-state index contributed by atoms with van der Waals surface area (Å²) < 4.78 is 12.9. The number of carbonyl (C=O) groups is 1. The fraction of sp³-hybridized carbons (Fsp3) is 0. The molecule has 1 rings (SSSR count). The van der Waals surface area contributed by atoms with Gasteiger partial charge in [0, 0.05) is 12.5 Å². The van der Waals surface area contributed by atoms with Crippen LogP contribution in [0.25, 0.3) is 0 Å². The van der Waals surface area contributed by atoms with Gasteiger partial charge in [-0.15, -0.1) is 0 Å². The topological polar surface area (TPSA) is 41.5 Å². The number of amides is 1. The first-order valence-corrected chi connectivity index (χ1v) is 3.59. The van der Waals surface area contributed by atoms with Crippen LogP contribution in [0.5, 0.6) is 0 Å². The van der Waals surface area contributed by atoms with Gasteiger partial charge in [0.1, 0.15) is 5.82 Å². The van der Waals surface area contributed by atoms with Gasteiger partial charge in [-0.3, -0.25) is 4.79 Å². The third-order valence-corrected chi connectivity index (χ3v) is 1.30. The lowest BCUT2D eigenvalue weighted by atomic mass is 10.2. The molecule has 0 aliphatic carbocycles. The zero-order valence-corrected chi connectivity index (χ0v) is 6.83. The normalized spacial score (nSPS) is 10.3. The Morgan fingerprint density at radius 1 is 1.54 bits per heavy atom. The average Bonchev–Trinajstić information content (AvgIpc) is 2.08. The molecule has 1 radical (unpaired) electrons. The Kier molecular flexibility index (Phi) is 3.14. The van der Waals surface area contributed by atoms with Crippen molar-refractivity contribution < 1.29 is 9.18 Å². The lowest BCUT2D eigenvalue weighted by Gasteiger charge is -1.94. The molecule has 0 saturated carbocycles. The van der Waals surface area contributed by atoms with E-state index in [4.69, 9.17) is 0 Å². The maximum Gasteiger partial charge on any atom is 0.240 e. The second-order valence-corrected chi connectivity index (χ2v) is 2.31. The highest BCUT2D eigenvalue weighted by molar-refractivity contribution is 5.84. The third-order valence-electron chi connectivity index (χ3n) is 1.30. The molecule has 1 amide bonds. The van der Waals surface area contributed by atoms with E-state index in [0.29, 0.717) is 5.56 Å². The Morgan fingerprint density at radius 3 is 2.85 bits per heavy atom. The van der Waals surface area contributed by atoms with Gasteiger partial charge in [-0.25, -0.2) is 9.82 Å². The van der Waals surface area contributed by atoms with Gasteiger partial charge in [-0.05, 0) is 6.07 Å². The van der Waals surface area contributed by atoms with Crippen molar-refractivity contribution in [1.29, 1.82) is 0 Å². The molecule has 13 heavy (non-hydrogen) atoms. The molecule has 0 atom stereocenters. The Morgan fingerprint density at radius 2 is 2.23 bits per heavy atom. The van der Waals surface area contributed by atoms with Crippen LogP contribution >= 0.6 is 0 Å². The maximum atomic E-state index is 12.9. The van der Waals surface area contributed by atoms with Crippen molar-refractivity contribution in [3.05, 3.63) is 42.6 Å². The van der Waals surface area contributed by atoms with Gasteiger partial charge in [-0.1, -0.05) is 18.2 Å². The number of benzene rings is 1. The monoisotopic (exact) mass is 179 g/mol. The Labute approximate surface area is 75.3 Å². The summed E-state index contributed by atoms with van der Waals surface area (Å²) in [5.41, 5.74) is 2.39. The standard InChI is InChI=1S/C9H8FN2O/c1-7(13)12-11-6-8-4-2-3-5-9(8)10/h2-6H,1H2,(H,12,13). The summed E-state index contributed by atoms with van der Waals surface area (Å²) in [4.78, 5) is 10.3. The van der Waals surface area contributed by atoms with Crippen LogP contribution in [0.3, 0.4) is 0 Å². The third kappa shape index (κ3) is 3.02. The number of rotatable bonds is 2. The van der Waals surface area contributed by atoms with E-state index in [2.05, 4.69) is 17.5 Å². The van der Waals surface area contributed by atoms with E-state index < -0.39 is 5.91 Å². The number of nitrogens with zero attached hydrogens (tertiary/aromatic N) is 1. The molecule has 0 spiro atoms. The second kappa shape index (κ2) is 4.35. The minimum Gasteiger partial charge on any atom is -0.273 e. The molecule has 0 aliphatic rings. The van der Waals surface area contributed by atoms with Crippen LogP contribution < -0.4 is 5.43 Å². The lowest BCUT2D eigenvalue weighted by molar-refractivity contribution is -0.116. The van der Waals surface area contributed by atoms with Gasteiger partial charge in [-0.2, -0.15) is 5.10 Å². The first-order chi connectivity index (χ1) is 6.20. The molecule has 67 valence electrons. The van der Waals surface area contributed by atoms with Gasteiger partial charge >= 0.3 is 0 Å². The van der Waals surface area contributed by atoms with Crippen LogP contribution in [0, 0.1) is 12.7 Å². The van der Waals surface area contributed by atoms with Crippen LogP contribution in [-0.4, -0.2) is 12.1 Å². The van der Waals surface area contributed by atoms with Crippen LogP contribution in [-0.2, 0) is 4.79 Å². The second-order valence-electron chi connectivity index (χ2n) is 2.31. The van der Waals surface area contributed by atoms with Gasteiger partial charge in [0.05, 0.1) is 6.21 Å². The highest BCUT2D eigenvalue weighted by Gasteiger charge is 1.95. The molecule has 0 aromatic heterocycles. The van der Waals surface area contributed by atoms with Crippen molar-refractivity contribution in [1.82, 2.24) is 5.43 Å². The fourth-order valence-corrected chi connectivity index (χ4v) is 0.754. The van der Waals surface area contributed by atoms with Crippen LogP contribution in [0.2, 0.25) is 0 Å². The highest BCUT2D eigenvalue weighted by atomic mass is 19.1. The number of hydrazone groups is 1. The van der Waals surface area contributed by atoms with E-state index in [1.165, 1.54) is 12.3 Å². The summed E-state index contributed by atoms with van der Waals surface area (Å²) in [6.07, 6.45) is 1.22. The number of carbonyl (C=O) groups excluding carboxylic acids is 1. The van der Waals surface area contributed by atoms with Crippen molar-refractivity contribution in [2.24, 2.45) is 5.10 Å². The molecule has 1 aromatic carbocycles. The molecule has 0 bridgehead atoms. The molecule has 0 fully saturated rings. The smallest absolute Gasteiger partial charge is 0.240 e. The lowest BCUT2D eigenvalue weighted by Crippen LogP contribution is -2.12. The molecule has 0 heterocycles. The summed E-state index contributed by atoms with van der Waals surface area (Å²) >= 11 is 0. The van der Waals surface area contributed by atoms with E-state index >= 15 is 0 Å². The first kappa shape index (κ1) is 9.38. The predicted octanol–water partition coefficient (Wildman–Crippen LogP) is 1.11. The Bertz CT molecular complexity index is 336. The number of hydrogen-bond donors (Lipinski definition) is 1. The molecule has 4 heteroatoms. The van der Waals surface area contributed by atoms with E-state index in [1.54, 1.807) is 18.2 Å². The molecular formula is C9H8FN2O. The van der Waals surface area contributed by atoms with Crippen LogP contribution in [0.15, 0.2) is 29.4 Å². The van der Waals surface area contributed by atoms with Crippen LogP contribution in [0.4, 0.5) is 4.39 Å². The molecule has 0 saturated heterocycles. The minimum atomic E-state index is -0.535. The molecule has 3 nitrogen and oxygen atoms in total. The summed E-state index contributed by atoms with van der Waals surface area (Å²) in [7, 11) is 0. The highest BCUT2D eigenvalue weighted by Crippen LogP contribution is 2.02. The van der Waals surface area contributed by atoms with E-state index in [9.17, 15) is 9.18 Å². The Balaban J connectivity index is 2.68. The van der Waals surface area contributed by atoms with Crippen molar-refractivity contribution in [2.75, 3.05) is 0 Å². The van der Waals surface area contributed by atoms with Gasteiger partial charge < -0.3 is 0 Å². The van der Waals surface area contributed by atoms with Crippen molar-refractivity contribution in [2.45, 2.75) is 0 Å². The van der Waals surface area contributed by atoms with Crippen molar-refractivity contribution in [3.8, 4) is 0 Å². The zero-order chi connectivity index (χ0) is 9.68. The molecular weight excluding hydrogens is 171 g/mol. The first-order valence-electron chi connectivity index (χ1n) is 3.59. The summed E-state index contributed by atoms with van der Waals surface area (Å²) in [5, 5.41) is 3.47. The van der Waals surface area contributed by atoms with E-state index in [0.717, 1.165) is 0 Å². The predicted molar refractivity (Wildman–Crippen MR) is 47.5 cm³/mol. The minimum absolute atomic E-state index is 0.316. The number of hydrogen-bond acceptors (Lipinski definition) is 2. The van der Waals surface area contributed by atoms with E-state index in [1.807, 2.05) is 0 Å². The zero-order valence-electron chi connectivity index (χ0n) is 6.83. The van der Waals surface area contributed by atoms with Crippen molar-refractivity contribution in [3.63, 3.8) is 0 Å². The summed E-state index contributed by atoms with van der Waals surface area (Å²) in [6.45, 7) is 3.03. The summed E-state index contributed by atoms with van der Waals surface area (Å²) in [6, 6.07) is 6.12. The Hall–Kier alpha value is -1.71. The van der Waals surface area contributed by atoms with Crippen LogP contribution in [0.1, 0.15) is 5.56 Å². The van der Waals surface area contributed by atoms with Gasteiger partial charge in [0.2, 0.25) is 5.91 Å². The number of nitrogens with one attached hydrogen (secondary N) is 1. The fourth-order valence-electron chi connectivity index (χ4n) is 0.754.